The Kier molecular flexibility index (Phi) is 6.87. The molecule has 0 spiro atoms. The number of nitro benzene ring substituents is 1. The average molecular weight is 471 g/mol. The molecular weight excluding hydrogens is 450 g/mol. The van der Waals surface area contributed by atoms with E-state index in [0.717, 1.165) is 16.3 Å². The van der Waals surface area contributed by atoms with Crippen molar-refractivity contribution in [1.82, 2.24) is 5.43 Å². The fourth-order valence-electron chi connectivity index (χ4n) is 3.39. The monoisotopic (exact) mass is 471 g/mol. The number of fused-ring (bicyclic) bond motifs is 1. The first kappa shape index (κ1) is 23.2. The van der Waals surface area contributed by atoms with Gasteiger partial charge in [0.05, 0.1) is 23.8 Å². The average Bonchev–Trinajstić information content (AvgIpc) is 2.87. The molecule has 1 amide bonds. The Morgan fingerprint density at radius 2 is 1.74 bits per heavy atom. The molecule has 4 rings (SSSR count). The highest BCUT2D eigenvalue weighted by atomic mass is 16.6. The molecule has 0 fully saturated rings. The Balaban J connectivity index is 1.40. The van der Waals surface area contributed by atoms with Gasteiger partial charge in [-0.1, -0.05) is 24.3 Å². The molecule has 9 heteroatoms. The molecule has 0 aliphatic rings. The molecule has 0 unspecified atom stereocenters. The largest absolute Gasteiger partial charge is 0.507 e. The summed E-state index contributed by atoms with van der Waals surface area (Å²) >= 11 is 0. The van der Waals surface area contributed by atoms with Crippen LogP contribution < -0.4 is 14.9 Å². The molecule has 0 bridgehead atoms. The van der Waals surface area contributed by atoms with E-state index < -0.39 is 10.8 Å². The molecule has 0 saturated carbocycles. The van der Waals surface area contributed by atoms with Crippen molar-refractivity contribution in [2.45, 2.75) is 6.61 Å². The van der Waals surface area contributed by atoms with Crippen LogP contribution in [0.25, 0.3) is 10.8 Å². The number of hydrogen-bond donors (Lipinski definition) is 2. The van der Waals surface area contributed by atoms with Crippen LogP contribution in [-0.4, -0.2) is 29.3 Å². The Hall–Kier alpha value is -4.92. The number of nitrogens with one attached hydrogen (secondary N) is 1. The summed E-state index contributed by atoms with van der Waals surface area (Å²) in [6, 6.07) is 21.8. The van der Waals surface area contributed by atoms with Crippen LogP contribution in [0, 0.1) is 10.1 Å². The Labute approximate surface area is 200 Å². The van der Waals surface area contributed by atoms with Gasteiger partial charge in [-0.2, -0.15) is 5.10 Å². The third kappa shape index (κ3) is 5.53. The Bertz CT molecular complexity index is 1420. The van der Waals surface area contributed by atoms with Gasteiger partial charge in [-0.25, -0.2) is 5.43 Å². The van der Waals surface area contributed by atoms with E-state index in [2.05, 4.69) is 10.5 Å². The van der Waals surface area contributed by atoms with Gasteiger partial charge in [-0.05, 0) is 64.4 Å². The highest BCUT2D eigenvalue weighted by Gasteiger charge is 2.12. The molecule has 4 aromatic rings. The van der Waals surface area contributed by atoms with Crippen LogP contribution >= 0.6 is 0 Å². The summed E-state index contributed by atoms with van der Waals surface area (Å²) in [7, 11) is 1.50. The number of carbonyl (C=O) groups is 1. The maximum atomic E-state index is 12.5. The van der Waals surface area contributed by atoms with E-state index in [4.69, 9.17) is 9.47 Å². The second-order valence-corrected chi connectivity index (χ2v) is 7.54. The van der Waals surface area contributed by atoms with Crippen molar-refractivity contribution in [3.8, 4) is 17.2 Å². The van der Waals surface area contributed by atoms with Gasteiger partial charge in [0, 0.05) is 12.1 Å². The van der Waals surface area contributed by atoms with Crippen molar-refractivity contribution >= 4 is 28.6 Å². The van der Waals surface area contributed by atoms with Gasteiger partial charge in [-0.3, -0.25) is 14.9 Å². The number of methoxy groups -OCH3 is 1. The van der Waals surface area contributed by atoms with Gasteiger partial charge in [-0.15, -0.1) is 0 Å². The Morgan fingerprint density at radius 3 is 2.43 bits per heavy atom. The van der Waals surface area contributed by atoms with Crippen LogP contribution in [-0.2, 0) is 6.61 Å². The zero-order chi connectivity index (χ0) is 24.8. The number of aromatic hydroxyl groups is 1. The van der Waals surface area contributed by atoms with Gasteiger partial charge in [0.25, 0.3) is 11.6 Å². The molecule has 176 valence electrons. The zero-order valence-corrected chi connectivity index (χ0v) is 18.7. The van der Waals surface area contributed by atoms with E-state index >= 15 is 0 Å². The van der Waals surface area contributed by atoms with Crippen LogP contribution in [0.3, 0.4) is 0 Å². The standard InChI is InChI=1S/C26H21N3O6/c1-34-25-12-18(8-11-24(25)35-16-17-6-9-21(10-7-17)29(32)33)15-27-28-26(31)22-13-19-4-2-3-5-20(19)14-23(22)30/h2-15,30H,16H2,1H3,(H,28,31). The van der Waals surface area contributed by atoms with Crippen LogP contribution in [0.2, 0.25) is 0 Å². The summed E-state index contributed by atoms with van der Waals surface area (Å²) in [5.41, 5.74) is 3.96. The van der Waals surface area contributed by atoms with Crippen molar-refractivity contribution < 1.29 is 24.3 Å². The number of hydrogen-bond acceptors (Lipinski definition) is 7. The van der Waals surface area contributed by atoms with Crippen molar-refractivity contribution in [2.24, 2.45) is 5.10 Å². The molecule has 0 saturated heterocycles. The highest BCUT2D eigenvalue weighted by Crippen LogP contribution is 2.29. The number of nitro groups is 1. The van der Waals surface area contributed by atoms with E-state index in [1.54, 1.807) is 36.4 Å². The lowest BCUT2D eigenvalue weighted by atomic mass is 10.1. The Morgan fingerprint density at radius 1 is 1.03 bits per heavy atom. The fourth-order valence-corrected chi connectivity index (χ4v) is 3.39. The summed E-state index contributed by atoms with van der Waals surface area (Å²) in [6.07, 6.45) is 1.44. The third-order valence-corrected chi connectivity index (χ3v) is 5.22. The van der Waals surface area contributed by atoms with E-state index in [9.17, 15) is 20.0 Å². The number of non-ortho nitro benzene ring substituents is 1. The number of amides is 1. The molecule has 0 radical (unpaired) electrons. The van der Waals surface area contributed by atoms with Crippen molar-refractivity contribution in [1.29, 1.82) is 0 Å². The van der Waals surface area contributed by atoms with E-state index in [0.29, 0.717) is 17.1 Å². The van der Waals surface area contributed by atoms with Gasteiger partial charge < -0.3 is 14.6 Å². The van der Waals surface area contributed by atoms with Gasteiger partial charge >= 0.3 is 0 Å². The molecule has 0 aliphatic heterocycles. The van der Waals surface area contributed by atoms with Crippen molar-refractivity contribution in [3.05, 3.63) is 106 Å². The fraction of sp³-hybridized carbons (Fsp3) is 0.0769. The second kappa shape index (κ2) is 10.3. The van der Waals surface area contributed by atoms with Crippen LogP contribution in [0.15, 0.2) is 84.0 Å². The third-order valence-electron chi connectivity index (χ3n) is 5.22. The van der Waals surface area contributed by atoms with Gasteiger partial charge in [0.1, 0.15) is 12.4 Å². The smallest absolute Gasteiger partial charge is 0.275 e. The molecule has 4 aromatic carbocycles. The lowest BCUT2D eigenvalue weighted by Gasteiger charge is -2.11. The normalized spacial score (nSPS) is 10.9. The summed E-state index contributed by atoms with van der Waals surface area (Å²) in [5.74, 6) is 0.259. The number of phenolic OH excluding ortho intramolecular Hbond substituents is 1. The number of rotatable bonds is 8. The van der Waals surface area contributed by atoms with Crippen LogP contribution in [0.4, 0.5) is 5.69 Å². The summed E-state index contributed by atoms with van der Waals surface area (Å²) in [4.78, 5) is 22.8. The van der Waals surface area contributed by atoms with E-state index in [-0.39, 0.29) is 23.6 Å². The molecule has 2 N–H and O–H groups in total. The number of benzene rings is 4. The predicted molar refractivity (Wildman–Crippen MR) is 131 cm³/mol. The molecule has 35 heavy (non-hydrogen) atoms. The highest BCUT2D eigenvalue weighted by molar-refractivity contribution is 6.01. The second-order valence-electron chi connectivity index (χ2n) is 7.54. The van der Waals surface area contributed by atoms with Crippen LogP contribution in [0.1, 0.15) is 21.5 Å². The minimum atomic E-state index is -0.542. The topological polar surface area (TPSA) is 123 Å². The summed E-state index contributed by atoms with van der Waals surface area (Å²) < 4.78 is 11.2. The first-order valence-electron chi connectivity index (χ1n) is 10.5. The number of nitrogens with zero attached hydrogens (tertiary/aromatic N) is 2. The first-order chi connectivity index (χ1) is 16.9. The maximum absolute atomic E-state index is 12.5. The molecule has 0 heterocycles. The summed E-state index contributed by atoms with van der Waals surface area (Å²) in [6.45, 7) is 0.201. The van der Waals surface area contributed by atoms with Crippen molar-refractivity contribution in [3.63, 3.8) is 0 Å². The van der Waals surface area contributed by atoms with Crippen molar-refractivity contribution in [2.75, 3.05) is 7.11 Å². The zero-order valence-electron chi connectivity index (χ0n) is 18.7. The van der Waals surface area contributed by atoms with E-state index in [1.165, 1.54) is 31.5 Å². The lowest BCUT2D eigenvalue weighted by Crippen LogP contribution is -2.17. The number of carbonyl (C=O) groups excluding carboxylic acids is 1. The molecular formula is C26H21N3O6. The molecule has 0 atom stereocenters. The van der Waals surface area contributed by atoms with Gasteiger partial charge in [0.2, 0.25) is 0 Å². The minimum absolute atomic E-state index is 0.0119. The van der Waals surface area contributed by atoms with Gasteiger partial charge in [0.15, 0.2) is 11.5 Å². The molecule has 0 aromatic heterocycles. The number of hydrazone groups is 1. The molecule has 0 aliphatic carbocycles. The SMILES string of the molecule is COc1cc(C=NNC(=O)c2cc3ccccc3cc2O)ccc1OCc1ccc([N+](=O)[O-])cc1. The maximum Gasteiger partial charge on any atom is 0.275 e. The predicted octanol–water partition coefficient (Wildman–Crippen LogP) is 4.81. The van der Waals surface area contributed by atoms with Crippen LogP contribution in [0.5, 0.6) is 17.2 Å². The minimum Gasteiger partial charge on any atom is -0.507 e. The first-order valence-corrected chi connectivity index (χ1v) is 10.5. The number of ether oxygens (including phenoxy) is 2. The quantitative estimate of drug-likeness (QED) is 0.216. The number of phenols is 1. The molecule has 9 nitrogen and oxygen atoms in total. The summed E-state index contributed by atoms with van der Waals surface area (Å²) in [5, 5.41) is 26.6. The van der Waals surface area contributed by atoms with E-state index in [1.807, 2.05) is 24.3 Å². The lowest BCUT2D eigenvalue weighted by molar-refractivity contribution is -0.384.